The van der Waals surface area contributed by atoms with Gasteiger partial charge in [-0.25, -0.2) is 4.79 Å². The molecule has 0 bridgehead atoms. The summed E-state index contributed by atoms with van der Waals surface area (Å²) < 4.78 is 0. The van der Waals surface area contributed by atoms with Crippen LogP contribution in [0, 0.1) is 0 Å². The molecule has 0 spiro atoms. The topological polar surface area (TPSA) is 55.8 Å². The van der Waals surface area contributed by atoms with E-state index in [0.29, 0.717) is 13.0 Å². The van der Waals surface area contributed by atoms with E-state index in [0.717, 1.165) is 5.56 Å². The van der Waals surface area contributed by atoms with Crippen molar-refractivity contribution in [1.29, 1.82) is 0 Å². The second kappa shape index (κ2) is 6.03. The molecule has 4 heteroatoms. The molecule has 1 aromatic carbocycles. The first-order valence-corrected chi connectivity index (χ1v) is 4.82. The van der Waals surface area contributed by atoms with Gasteiger partial charge in [-0.1, -0.05) is 12.1 Å². The number of carbonyl (C=O) groups is 1. The van der Waals surface area contributed by atoms with Crippen molar-refractivity contribution in [2.24, 2.45) is 0 Å². The fourth-order valence-corrected chi connectivity index (χ4v) is 1.08. The van der Waals surface area contributed by atoms with Crippen molar-refractivity contribution < 1.29 is 19.7 Å². The van der Waals surface area contributed by atoms with Crippen molar-refractivity contribution in [2.45, 2.75) is 19.8 Å². The van der Waals surface area contributed by atoms with Crippen molar-refractivity contribution in [1.82, 2.24) is 0 Å². The third-order valence-electron chi connectivity index (χ3n) is 1.82. The second-order valence-corrected chi connectivity index (χ2v) is 3.03. The van der Waals surface area contributed by atoms with Crippen LogP contribution in [0.4, 0.5) is 0 Å². The zero-order valence-electron chi connectivity index (χ0n) is 8.60. The van der Waals surface area contributed by atoms with Gasteiger partial charge in [0, 0.05) is 0 Å². The number of aromatic hydroxyl groups is 1. The Bertz CT molecular complexity index is 305. The number of rotatable bonds is 5. The summed E-state index contributed by atoms with van der Waals surface area (Å²) in [5, 5.41) is 9.04. The van der Waals surface area contributed by atoms with Crippen LogP contribution in [0.3, 0.4) is 0 Å². The Labute approximate surface area is 88.4 Å². The number of benzene rings is 1. The van der Waals surface area contributed by atoms with Crippen LogP contribution < -0.4 is 0 Å². The van der Waals surface area contributed by atoms with Gasteiger partial charge in [-0.05, 0) is 31.0 Å². The first kappa shape index (κ1) is 11.5. The Morgan fingerprint density at radius 1 is 1.33 bits per heavy atom. The van der Waals surface area contributed by atoms with E-state index in [2.05, 4.69) is 9.78 Å². The summed E-state index contributed by atoms with van der Waals surface area (Å²) in [4.78, 5) is 20.0. The van der Waals surface area contributed by atoms with Crippen molar-refractivity contribution in [2.75, 3.05) is 6.61 Å². The highest BCUT2D eigenvalue weighted by atomic mass is 17.2. The predicted octanol–water partition coefficient (Wildman–Crippen LogP) is 1.82. The van der Waals surface area contributed by atoms with Gasteiger partial charge in [0.25, 0.3) is 0 Å². The van der Waals surface area contributed by atoms with Gasteiger partial charge in [-0.15, -0.1) is 0 Å². The summed E-state index contributed by atoms with van der Waals surface area (Å²) in [5.41, 5.74) is 0.973. The average Bonchev–Trinajstić information content (AvgIpc) is 2.25. The molecule has 82 valence electrons. The first-order chi connectivity index (χ1) is 7.22. The third-order valence-corrected chi connectivity index (χ3v) is 1.82. The number of phenolic OH excluding ortho intramolecular Hbond substituents is 1. The smallest absolute Gasteiger partial charge is 0.342 e. The molecule has 1 N–H and O–H groups in total. The molecule has 0 aliphatic rings. The molecule has 15 heavy (non-hydrogen) atoms. The molecule has 0 saturated heterocycles. The van der Waals surface area contributed by atoms with E-state index in [1.165, 1.54) is 0 Å². The zero-order valence-corrected chi connectivity index (χ0v) is 8.60. The van der Waals surface area contributed by atoms with Gasteiger partial charge in [0.2, 0.25) is 0 Å². The van der Waals surface area contributed by atoms with E-state index in [4.69, 9.17) is 5.11 Å². The van der Waals surface area contributed by atoms with Crippen LogP contribution in [0.15, 0.2) is 24.3 Å². The minimum Gasteiger partial charge on any atom is -0.508 e. The van der Waals surface area contributed by atoms with Gasteiger partial charge in [0.15, 0.2) is 0 Å². The predicted molar refractivity (Wildman–Crippen MR) is 54.1 cm³/mol. The number of hydrogen-bond acceptors (Lipinski definition) is 4. The molecule has 0 fully saturated rings. The number of phenols is 1. The molecule has 0 saturated carbocycles. The summed E-state index contributed by atoms with van der Waals surface area (Å²) in [7, 11) is 0. The summed E-state index contributed by atoms with van der Waals surface area (Å²) >= 11 is 0. The lowest BCUT2D eigenvalue weighted by Crippen LogP contribution is -2.06. The van der Waals surface area contributed by atoms with Crippen LogP contribution in [0.5, 0.6) is 5.75 Å². The van der Waals surface area contributed by atoms with Crippen LogP contribution in [0.2, 0.25) is 0 Å². The van der Waals surface area contributed by atoms with E-state index in [1.807, 2.05) is 0 Å². The maximum atomic E-state index is 11.0. The van der Waals surface area contributed by atoms with Crippen LogP contribution >= 0.6 is 0 Å². The van der Waals surface area contributed by atoms with Gasteiger partial charge >= 0.3 is 5.97 Å². The largest absolute Gasteiger partial charge is 0.508 e. The lowest BCUT2D eigenvalue weighted by molar-refractivity contribution is -0.269. The molecule has 4 nitrogen and oxygen atoms in total. The molecule has 0 amide bonds. The highest BCUT2D eigenvalue weighted by Crippen LogP contribution is 2.11. The fraction of sp³-hybridized carbons (Fsp3) is 0.364. The summed E-state index contributed by atoms with van der Waals surface area (Å²) in [5.74, 6) is -0.166. The van der Waals surface area contributed by atoms with Gasteiger partial charge in [-0.2, -0.15) is 4.89 Å². The maximum absolute atomic E-state index is 11.0. The Morgan fingerprint density at radius 3 is 2.60 bits per heavy atom. The van der Waals surface area contributed by atoms with Crippen LogP contribution in [0.1, 0.15) is 18.9 Å². The van der Waals surface area contributed by atoms with Gasteiger partial charge < -0.3 is 5.11 Å². The van der Waals surface area contributed by atoms with E-state index in [-0.39, 0.29) is 18.1 Å². The quantitative estimate of drug-likeness (QED) is 0.595. The van der Waals surface area contributed by atoms with Crippen molar-refractivity contribution in [3.63, 3.8) is 0 Å². The molecule has 1 rings (SSSR count). The molecular weight excluding hydrogens is 196 g/mol. The highest BCUT2D eigenvalue weighted by Gasteiger charge is 2.04. The first-order valence-electron chi connectivity index (χ1n) is 4.82. The molecule has 0 aliphatic carbocycles. The molecule has 0 unspecified atom stereocenters. The zero-order chi connectivity index (χ0) is 11.1. The molecule has 0 aromatic heterocycles. The number of carbonyl (C=O) groups excluding carboxylic acids is 1. The van der Waals surface area contributed by atoms with Crippen LogP contribution in [-0.2, 0) is 21.0 Å². The fourth-order valence-electron chi connectivity index (χ4n) is 1.08. The molecule has 1 aromatic rings. The number of hydrogen-bond donors (Lipinski definition) is 1. The Kier molecular flexibility index (Phi) is 4.63. The Morgan fingerprint density at radius 2 is 2.00 bits per heavy atom. The van der Waals surface area contributed by atoms with Crippen LogP contribution in [-0.4, -0.2) is 17.7 Å². The minimum atomic E-state index is -0.384. The second-order valence-electron chi connectivity index (χ2n) is 3.03. The Hall–Kier alpha value is -1.55. The van der Waals surface area contributed by atoms with Gasteiger partial charge in [0.1, 0.15) is 5.75 Å². The van der Waals surface area contributed by atoms with E-state index >= 15 is 0 Å². The summed E-state index contributed by atoms with van der Waals surface area (Å²) in [6, 6.07) is 6.71. The normalized spacial score (nSPS) is 9.93. The molecule has 0 atom stereocenters. The molecule has 0 heterocycles. The monoisotopic (exact) mass is 210 g/mol. The minimum absolute atomic E-state index is 0.218. The van der Waals surface area contributed by atoms with Crippen molar-refractivity contribution >= 4 is 5.97 Å². The van der Waals surface area contributed by atoms with E-state index in [9.17, 15) is 4.79 Å². The Balaban J connectivity index is 2.30. The van der Waals surface area contributed by atoms with Gasteiger partial charge in [0.05, 0.1) is 13.0 Å². The molecule has 0 aliphatic heterocycles. The van der Waals surface area contributed by atoms with E-state index < -0.39 is 0 Å². The summed E-state index contributed by atoms with van der Waals surface area (Å²) in [6.45, 7) is 2.10. The maximum Gasteiger partial charge on any atom is 0.342 e. The van der Waals surface area contributed by atoms with Crippen molar-refractivity contribution in [3.05, 3.63) is 29.8 Å². The SMILES string of the molecule is CCOOC(=O)CCc1ccc(O)cc1. The van der Waals surface area contributed by atoms with Crippen molar-refractivity contribution in [3.8, 4) is 5.75 Å². The third kappa shape index (κ3) is 4.46. The summed E-state index contributed by atoms with van der Waals surface area (Å²) in [6.07, 6.45) is 0.844. The average molecular weight is 210 g/mol. The highest BCUT2D eigenvalue weighted by molar-refractivity contribution is 5.69. The molecular formula is C11H14O4. The molecule has 0 radical (unpaired) electrons. The lowest BCUT2D eigenvalue weighted by atomic mass is 10.1. The van der Waals surface area contributed by atoms with Crippen LogP contribution in [0.25, 0.3) is 0 Å². The van der Waals surface area contributed by atoms with Gasteiger partial charge in [-0.3, -0.25) is 4.89 Å². The number of aryl methyl sites for hydroxylation is 1. The standard InChI is InChI=1S/C11H14O4/c1-2-14-15-11(13)8-5-9-3-6-10(12)7-4-9/h3-4,6-7,12H,2,5,8H2,1H3. The van der Waals surface area contributed by atoms with E-state index in [1.54, 1.807) is 31.2 Å². The lowest BCUT2D eigenvalue weighted by Gasteiger charge is -2.02.